The van der Waals surface area contributed by atoms with Crippen LogP contribution in [0.3, 0.4) is 0 Å². The predicted octanol–water partition coefficient (Wildman–Crippen LogP) is 3.64. The molecule has 1 atom stereocenters. The topological polar surface area (TPSA) is 72.5 Å². The van der Waals surface area contributed by atoms with E-state index in [0.717, 1.165) is 18.4 Å². The van der Waals surface area contributed by atoms with Gasteiger partial charge >= 0.3 is 6.18 Å². The Morgan fingerprint density at radius 2 is 2.00 bits per heavy atom. The minimum Gasteiger partial charge on any atom is -0.468 e. The molecular formula is C17H27F3N4O. The van der Waals surface area contributed by atoms with Crippen molar-refractivity contribution in [1.82, 2.24) is 10.3 Å². The van der Waals surface area contributed by atoms with Crippen molar-refractivity contribution in [2.45, 2.75) is 58.8 Å². The number of pyridine rings is 1. The predicted molar refractivity (Wildman–Crippen MR) is 92.4 cm³/mol. The van der Waals surface area contributed by atoms with Crippen LogP contribution in [0.4, 0.5) is 13.2 Å². The van der Waals surface area contributed by atoms with E-state index in [1.807, 2.05) is 0 Å². The minimum atomic E-state index is -4.38. The van der Waals surface area contributed by atoms with Crippen LogP contribution in [0.25, 0.3) is 0 Å². The molecule has 1 unspecified atom stereocenters. The van der Waals surface area contributed by atoms with Gasteiger partial charge < -0.3 is 15.8 Å². The van der Waals surface area contributed by atoms with Crippen LogP contribution < -0.4 is 15.8 Å². The van der Waals surface area contributed by atoms with Gasteiger partial charge in [-0.25, -0.2) is 9.98 Å². The second-order valence-corrected chi connectivity index (χ2v) is 6.48. The number of halogens is 3. The van der Waals surface area contributed by atoms with E-state index in [-0.39, 0.29) is 11.9 Å². The number of nitrogens with one attached hydrogen (secondary N) is 1. The fourth-order valence-corrected chi connectivity index (χ4v) is 2.12. The number of nitrogens with two attached hydrogens (primary N) is 1. The summed E-state index contributed by atoms with van der Waals surface area (Å²) >= 11 is 0. The molecule has 0 aromatic carbocycles. The molecule has 0 aliphatic heterocycles. The summed E-state index contributed by atoms with van der Waals surface area (Å²) in [7, 11) is 0. The zero-order chi connectivity index (χ0) is 18.9. The lowest BCUT2D eigenvalue weighted by atomic mass is 10.0. The lowest BCUT2D eigenvalue weighted by Gasteiger charge is -2.15. The maximum Gasteiger partial charge on any atom is 0.422 e. The molecule has 0 saturated heterocycles. The summed E-state index contributed by atoms with van der Waals surface area (Å²) in [5.74, 6) is 0.957. The van der Waals surface area contributed by atoms with Gasteiger partial charge in [-0.1, -0.05) is 32.8 Å². The average molecular weight is 360 g/mol. The molecule has 0 bridgehead atoms. The highest BCUT2D eigenvalue weighted by molar-refractivity contribution is 5.78. The molecule has 0 radical (unpaired) electrons. The van der Waals surface area contributed by atoms with Gasteiger partial charge in [-0.2, -0.15) is 13.2 Å². The molecule has 25 heavy (non-hydrogen) atoms. The lowest BCUT2D eigenvalue weighted by molar-refractivity contribution is -0.154. The first-order valence-electron chi connectivity index (χ1n) is 8.36. The van der Waals surface area contributed by atoms with Crippen molar-refractivity contribution in [1.29, 1.82) is 0 Å². The summed E-state index contributed by atoms with van der Waals surface area (Å²) in [6, 6.07) is 3.23. The molecule has 1 aromatic heterocycles. The standard InChI is InChI=1S/C17H27F3N4O/c1-12(2)5-4-6-13(3)24-16(21)23-10-14-7-8-15(22-9-14)25-11-17(18,19)20/h7-9,12-13H,4-6,10-11H2,1-3H3,(H3,21,23,24). The summed E-state index contributed by atoms with van der Waals surface area (Å²) in [4.78, 5) is 8.04. The number of rotatable bonds is 9. The molecule has 0 saturated carbocycles. The normalized spacial score (nSPS) is 13.8. The maximum atomic E-state index is 12.1. The largest absolute Gasteiger partial charge is 0.468 e. The Balaban J connectivity index is 2.38. The molecule has 0 aliphatic carbocycles. The molecule has 0 amide bonds. The second-order valence-electron chi connectivity index (χ2n) is 6.48. The Morgan fingerprint density at radius 1 is 1.28 bits per heavy atom. The van der Waals surface area contributed by atoms with Crippen molar-refractivity contribution >= 4 is 5.96 Å². The van der Waals surface area contributed by atoms with E-state index in [1.54, 1.807) is 6.07 Å². The average Bonchev–Trinajstić information content (AvgIpc) is 2.51. The van der Waals surface area contributed by atoms with Crippen molar-refractivity contribution in [3.63, 3.8) is 0 Å². The second kappa shape index (κ2) is 10.1. The van der Waals surface area contributed by atoms with E-state index >= 15 is 0 Å². The third-order valence-corrected chi connectivity index (χ3v) is 3.43. The highest BCUT2D eigenvalue weighted by Crippen LogP contribution is 2.17. The monoisotopic (exact) mass is 360 g/mol. The van der Waals surface area contributed by atoms with E-state index in [1.165, 1.54) is 18.7 Å². The highest BCUT2D eigenvalue weighted by Gasteiger charge is 2.28. The molecule has 3 N–H and O–H groups in total. The smallest absolute Gasteiger partial charge is 0.422 e. The van der Waals surface area contributed by atoms with Crippen molar-refractivity contribution < 1.29 is 17.9 Å². The number of hydrogen-bond acceptors (Lipinski definition) is 3. The van der Waals surface area contributed by atoms with E-state index in [4.69, 9.17) is 5.73 Å². The molecule has 8 heteroatoms. The molecule has 142 valence electrons. The van der Waals surface area contributed by atoms with Gasteiger partial charge in [0, 0.05) is 18.3 Å². The Hall–Kier alpha value is -1.99. The van der Waals surface area contributed by atoms with Gasteiger partial charge in [0.15, 0.2) is 12.6 Å². The zero-order valence-electron chi connectivity index (χ0n) is 14.9. The maximum absolute atomic E-state index is 12.1. The number of aromatic nitrogens is 1. The summed E-state index contributed by atoms with van der Waals surface area (Å²) in [5, 5.41) is 3.13. The van der Waals surface area contributed by atoms with Gasteiger partial charge in [-0.15, -0.1) is 0 Å². The van der Waals surface area contributed by atoms with Crippen LogP contribution in [-0.2, 0) is 6.54 Å². The SMILES string of the molecule is CC(C)CCCC(C)NC(N)=NCc1ccc(OCC(F)(F)F)nc1. The zero-order valence-corrected chi connectivity index (χ0v) is 14.9. The molecule has 5 nitrogen and oxygen atoms in total. The number of hydrogen-bond donors (Lipinski definition) is 2. The first-order chi connectivity index (χ1) is 11.7. The summed E-state index contributed by atoms with van der Waals surface area (Å²) in [6.07, 6.45) is 0.367. The third-order valence-electron chi connectivity index (χ3n) is 3.43. The van der Waals surface area contributed by atoms with Crippen LogP contribution in [0.1, 0.15) is 45.6 Å². The van der Waals surface area contributed by atoms with Gasteiger partial charge in [0.1, 0.15) is 0 Å². The molecule has 0 fully saturated rings. The van der Waals surface area contributed by atoms with Gasteiger partial charge in [0.25, 0.3) is 0 Å². The molecule has 1 heterocycles. The Labute approximate surface area is 146 Å². The van der Waals surface area contributed by atoms with Crippen LogP contribution in [0.5, 0.6) is 5.88 Å². The van der Waals surface area contributed by atoms with Crippen molar-refractivity contribution in [3.05, 3.63) is 23.9 Å². The molecular weight excluding hydrogens is 333 g/mol. The lowest BCUT2D eigenvalue weighted by Crippen LogP contribution is -2.38. The Morgan fingerprint density at radius 3 is 2.56 bits per heavy atom. The van der Waals surface area contributed by atoms with E-state index in [0.29, 0.717) is 18.4 Å². The van der Waals surface area contributed by atoms with Gasteiger partial charge in [0.05, 0.1) is 6.54 Å². The van der Waals surface area contributed by atoms with Crippen molar-refractivity contribution in [3.8, 4) is 5.88 Å². The van der Waals surface area contributed by atoms with Crippen LogP contribution in [0.15, 0.2) is 23.3 Å². The van der Waals surface area contributed by atoms with Crippen molar-refractivity contribution in [2.24, 2.45) is 16.6 Å². The van der Waals surface area contributed by atoms with Crippen LogP contribution in [-0.4, -0.2) is 29.8 Å². The number of guanidine groups is 1. The van der Waals surface area contributed by atoms with E-state index < -0.39 is 12.8 Å². The number of nitrogens with zero attached hydrogens (tertiary/aromatic N) is 2. The van der Waals surface area contributed by atoms with Gasteiger partial charge in [-0.3, -0.25) is 0 Å². The first kappa shape index (κ1) is 21.1. The van der Waals surface area contributed by atoms with E-state index in [9.17, 15) is 13.2 Å². The van der Waals surface area contributed by atoms with Gasteiger partial charge in [0.2, 0.25) is 5.88 Å². The summed E-state index contributed by atoms with van der Waals surface area (Å²) < 4.78 is 40.7. The van der Waals surface area contributed by atoms with Crippen LogP contribution in [0, 0.1) is 5.92 Å². The fourth-order valence-electron chi connectivity index (χ4n) is 2.12. The molecule has 1 rings (SSSR count). The molecule has 1 aromatic rings. The van der Waals surface area contributed by atoms with Gasteiger partial charge in [-0.05, 0) is 24.8 Å². The van der Waals surface area contributed by atoms with Crippen LogP contribution >= 0.6 is 0 Å². The highest BCUT2D eigenvalue weighted by atomic mass is 19.4. The fraction of sp³-hybridized carbons (Fsp3) is 0.647. The third kappa shape index (κ3) is 10.5. The Kier molecular flexibility index (Phi) is 8.51. The van der Waals surface area contributed by atoms with Crippen LogP contribution in [0.2, 0.25) is 0 Å². The number of alkyl halides is 3. The van der Waals surface area contributed by atoms with Crippen molar-refractivity contribution in [2.75, 3.05) is 6.61 Å². The first-order valence-corrected chi connectivity index (χ1v) is 8.36. The number of ether oxygens (including phenoxy) is 1. The molecule has 0 spiro atoms. The number of aliphatic imine (C=N–C) groups is 1. The molecule has 0 aliphatic rings. The van der Waals surface area contributed by atoms with E-state index in [2.05, 4.69) is 40.8 Å². The summed E-state index contributed by atoms with van der Waals surface area (Å²) in [5.41, 5.74) is 6.58. The Bertz CT molecular complexity index is 530. The summed E-state index contributed by atoms with van der Waals surface area (Å²) in [6.45, 7) is 5.38. The quantitative estimate of drug-likeness (QED) is 0.521. The minimum absolute atomic E-state index is 0.0741.